The molecule has 2 saturated heterocycles. The highest BCUT2D eigenvalue weighted by molar-refractivity contribution is 7.98. The molecule has 0 bridgehead atoms. The van der Waals surface area contributed by atoms with E-state index in [1.54, 1.807) is 20.1 Å². The Kier molecular flexibility index (Phi) is 47.9. The molecule has 2 aromatic rings. The van der Waals surface area contributed by atoms with Crippen molar-refractivity contribution in [3.8, 4) is 5.75 Å². The fraction of sp³-hybridized carbons (Fsp3) is 0.605. The lowest BCUT2D eigenvalue weighted by molar-refractivity contribution is -0.145. The molecule has 2 aliphatic rings. The number of nitrogens with zero attached hydrogens (tertiary/aromatic N) is 3. The summed E-state index contributed by atoms with van der Waals surface area (Å²) < 4.78 is 0. The largest absolute Gasteiger partial charge is 0.508 e. The number of aromatic hydroxyl groups is 1. The smallest absolute Gasteiger partial charge is 0.328 e. The summed E-state index contributed by atoms with van der Waals surface area (Å²) in [6.07, 6.45) is -0.879. The second-order valence-electron chi connectivity index (χ2n) is 33.0. The van der Waals surface area contributed by atoms with Gasteiger partial charge in [0, 0.05) is 43.6 Å². The van der Waals surface area contributed by atoms with Crippen LogP contribution >= 0.6 is 24.4 Å². The normalized spacial score (nSPS) is 16.7. The van der Waals surface area contributed by atoms with Gasteiger partial charge in [-0.05, 0) is 92.9 Å². The molecule has 0 spiro atoms. The van der Waals surface area contributed by atoms with Crippen LogP contribution in [0, 0.1) is 17.8 Å². The van der Waals surface area contributed by atoms with E-state index >= 15 is 0 Å². The van der Waals surface area contributed by atoms with Gasteiger partial charge < -0.3 is 152 Å². The van der Waals surface area contributed by atoms with Crippen molar-refractivity contribution in [1.82, 2.24) is 105 Å². The van der Waals surface area contributed by atoms with Crippen molar-refractivity contribution in [2.45, 2.75) is 228 Å². The molecule has 19 amide bonds. The lowest BCUT2D eigenvalue weighted by Gasteiger charge is -2.29. The van der Waals surface area contributed by atoms with E-state index in [4.69, 9.17) is 11.5 Å². The van der Waals surface area contributed by atoms with Crippen molar-refractivity contribution in [2.24, 2.45) is 29.2 Å². The first kappa shape index (κ1) is 115. The molecule has 136 heavy (non-hydrogen) atoms. The number of H-pyrrole nitrogens is 1. The number of carbonyl (C=O) groups excluding carboxylic acids is 19. The van der Waals surface area contributed by atoms with Crippen LogP contribution in [0.3, 0.4) is 0 Å². The maximum atomic E-state index is 14.6. The van der Waals surface area contributed by atoms with Crippen molar-refractivity contribution < 1.29 is 151 Å². The maximum absolute atomic E-state index is 14.6. The van der Waals surface area contributed by atoms with Crippen LogP contribution < -0.4 is 96.5 Å². The van der Waals surface area contributed by atoms with Gasteiger partial charge in [-0.2, -0.15) is 24.4 Å². The highest BCUT2D eigenvalue weighted by atomic mass is 32.2. The molecule has 55 heteroatoms. The average molecular weight is 1960 g/mol. The van der Waals surface area contributed by atoms with Gasteiger partial charge in [0.2, 0.25) is 112 Å². The molecule has 754 valence electrons. The number of aromatic nitrogens is 2. The second-order valence-corrected chi connectivity index (χ2v) is 34.3. The number of aliphatic carboxylic acids is 4. The molecular weight excluding hydrogens is 1840 g/mol. The number of thiol groups is 1. The first-order chi connectivity index (χ1) is 64.0. The number of imidazole rings is 1. The van der Waals surface area contributed by atoms with Crippen LogP contribution in [-0.2, 0) is 123 Å². The van der Waals surface area contributed by atoms with Gasteiger partial charge in [-0.25, -0.2) is 9.78 Å². The number of carbonyl (C=O) groups is 23. The van der Waals surface area contributed by atoms with Gasteiger partial charge >= 0.3 is 23.9 Å². The van der Waals surface area contributed by atoms with Gasteiger partial charge in [0.1, 0.15) is 108 Å². The number of nitrogens with two attached hydrogens (primary N) is 2. The lowest BCUT2D eigenvalue weighted by Crippen LogP contribution is -2.62. The predicted octanol–water partition coefficient (Wildman–Crippen LogP) is -11.3. The minimum atomic E-state index is -2.07. The number of likely N-dealkylation sites (tertiary alicyclic amines) is 2. The standard InChI is InChI=1S/C81H122N22O31S2/c1-36(2)21-45(70(122)94-48(24-57(83)108)71(123)98-53(33-106)81(133)134)89-58(109)29-85-67(119)49(25-60(111)112)95-77(129)56-12-9-18-102(56)59(110)30-86-76(128)55-11-10-19-103(55)80(132)52(32-105)97-73(125)50(26-61(113)114)91-65(117)39(7)88-69(121)47(23-41-28-84-35-87-41)93-68(120)44(17-20-136-8)90-78(130)63(37(3)4)100-74(126)46(22-40-13-15-42(107)16-14-40)92-72(124)51(27-62(115)116)96-79(131)64(38(5)6)101-75(127)54(34-135)99-66(118)43(82)31-104/h13-16,28,35-39,43-56,63-64,104-107,135H,9-12,17-27,29-34,82H2,1-8H3,(H2,83,108)(H,84,87)(H,85,119)(H,86,128)(H,88,121)(H,89,109)(H,90,130)(H,91,117)(H,92,124)(H,93,120)(H,94,122)(H,95,129)(H,96,131)(H,97,125)(H,98,123)(H,99,118)(H,100,126)(H,101,127)(H,111,112)(H,113,114)(H,115,116)(H,133,134)/t39-,43-,44-,45-,46-,47-,48-,49-,50-,51-,52-,53-,54-,55-,56-,63-,64-/m0/s1. The minimum Gasteiger partial charge on any atom is -0.508 e. The van der Waals surface area contributed by atoms with Gasteiger partial charge in [0.05, 0.1) is 64.9 Å². The molecule has 4 rings (SSSR count). The van der Waals surface area contributed by atoms with E-state index in [1.807, 2.05) is 5.32 Å². The summed E-state index contributed by atoms with van der Waals surface area (Å²) >= 11 is 5.31. The minimum absolute atomic E-state index is 0.0474. The summed E-state index contributed by atoms with van der Waals surface area (Å²) in [5, 5.41) is 115. The number of thioether (sulfide) groups is 1. The Morgan fingerprint density at radius 3 is 1.40 bits per heavy atom. The van der Waals surface area contributed by atoms with Crippen molar-refractivity contribution in [2.75, 3.05) is 63.8 Å². The third-order valence-electron chi connectivity index (χ3n) is 21.0. The third kappa shape index (κ3) is 37.8. The molecule has 2 aliphatic heterocycles. The van der Waals surface area contributed by atoms with Crippen LogP contribution in [0.25, 0.3) is 0 Å². The Morgan fingerprint density at radius 1 is 0.471 bits per heavy atom. The molecule has 2 fully saturated rings. The predicted molar refractivity (Wildman–Crippen MR) is 476 cm³/mol. The van der Waals surface area contributed by atoms with E-state index < -0.39 is 316 Å². The zero-order chi connectivity index (χ0) is 102. The van der Waals surface area contributed by atoms with Crippen molar-refractivity contribution in [3.63, 3.8) is 0 Å². The topological polar surface area (TPSA) is 834 Å². The summed E-state index contributed by atoms with van der Waals surface area (Å²) in [5.74, 6) is -29.6. The Balaban J connectivity index is 1.45. The van der Waals surface area contributed by atoms with Gasteiger partial charge in [-0.15, -0.1) is 0 Å². The number of primary amides is 1. The lowest BCUT2D eigenvalue weighted by atomic mass is 9.99. The monoisotopic (exact) mass is 1960 g/mol. The van der Waals surface area contributed by atoms with Crippen molar-refractivity contribution in [1.29, 1.82) is 0 Å². The summed E-state index contributed by atoms with van der Waals surface area (Å²) in [6.45, 7) is 5.25. The molecular formula is C81H122N22O31S2. The van der Waals surface area contributed by atoms with Crippen LogP contribution in [0.15, 0.2) is 36.8 Å². The fourth-order valence-corrected chi connectivity index (χ4v) is 14.5. The molecule has 0 radical (unpaired) electrons. The van der Waals surface area contributed by atoms with Gasteiger partial charge in [-0.3, -0.25) is 105 Å². The van der Waals surface area contributed by atoms with Crippen LogP contribution in [-0.4, -0.2) is 363 Å². The van der Waals surface area contributed by atoms with Crippen molar-refractivity contribution in [3.05, 3.63) is 48.0 Å². The number of hydrogen-bond donors (Lipinski definition) is 28. The van der Waals surface area contributed by atoms with Crippen LogP contribution in [0.1, 0.15) is 124 Å². The number of aromatic amines is 1. The van der Waals surface area contributed by atoms with Gasteiger partial charge in [-0.1, -0.05) is 53.7 Å². The SMILES string of the molecule is CSCC[C@H](NC(=O)[C@@H](NC(=O)[C@H](Cc1ccc(O)cc1)NC(=O)[C@H](CC(=O)O)NC(=O)[C@@H](NC(=O)[C@H](CS)NC(=O)[C@@H](N)CO)C(C)C)C(C)C)C(=O)N[C@@H](Cc1cnc[nH]1)C(=O)N[C@@H](C)C(=O)N[C@@H](CC(=O)O)C(=O)N[C@@H](CO)C(=O)N1CCC[C@H]1C(=O)NCC(=O)N1CCC[C@H]1C(=O)N[C@@H](CC(=O)O)C(=O)NCC(=O)N[C@@H](CC(C)C)C(=O)N[C@@H](CC(N)=O)C(=O)N[C@@H](CO)C(=O)O. The Morgan fingerprint density at radius 2 is 0.912 bits per heavy atom. The van der Waals surface area contributed by atoms with E-state index in [-0.39, 0.29) is 86.9 Å². The Hall–Kier alpha value is -13.4. The van der Waals surface area contributed by atoms with Crippen molar-refractivity contribution >= 4 is 161 Å². The molecule has 0 saturated carbocycles. The molecule has 0 aliphatic carbocycles. The number of aliphatic hydroxyl groups is 3. The Bertz CT molecular complexity index is 4590. The van der Waals surface area contributed by atoms with Gasteiger partial charge in [0.25, 0.3) is 0 Å². The zero-order valence-corrected chi connectivity index (χ0v) is 77.4. The number of hydrogen-bond acceptors (Lipinski definition) is 31. The molecule has 53 nitrogen and oxygen atoms in total. The van der Waals surface area contributed by atoms with E-state index in [2.05, 4.69) is 102 Å². The molecule has 3 heterocycles. The van der Waals surface area contributed by atoms with Crippen LogP contribution in [0.4, 0.5) is 0 Å². The van der Waals surface area contributed by atoms with Crippen LogP contribution in [0.2, 0.25) is 0 Å². The number of carboxylic acids is 4. The molecule has 29 N–H and O–H groups in total. The molecule has 1 aromatic heterocycles. The zero-order valence-electron chi connectivity index (χ0n) is 75.7. The maximum Gasteiger partial charge on any atom is 0.328 e. The first-order valence-electron chi connectivity index (χ1n) is 43.0. The number of rotatable bonds is 58. The van der Waals surface area contributed by atoms with E-state index in [9.17, 15) is 151 Å². The molecule has 0 unspecified atom stereocenters. The second kappa shape index (κ2) is 56.7. The summed E-state index contributed by atoms with van der Waals surface area (Å²) in [7, 11) is 0. The highest BCUT2D eigenvalue weighted by Gasteiger charge is 2.44. The van der Waals surface area contributed by atoms with E-state index in [0.29, 0.717) is 5.56 Å². The number of nitrogens with one attached hydrogen (secondary N) is 17. The Labute approximate surface area is 788 Å². The number of aliphatic hydroxyl groups excluding tert-OH is 3. The number of carboxylic acid groups (broad SMARTS) is 4. The number of benzene rings is 1. The summed E-state index contributed by atoms with van der Waals surface area (Å²) in [6, 6.07) is -23.0. The van der Waals surface area contributed by atoms with E-state index in [1.165, 1.54) is 76.2 Å². The fourth-order valence-electron chi connectivity index (χ4n) is 13.8. The highest BCUT2D eigenvalue weighted by Crippen LogP contribution is 2.22. The van der Waals surface area contributed by atoms with Crippen LogP contribution in [0.5, 0.6) is 5.75 Å². The quantitative estimate of drug-likeness (QED) is 0.0274. The number of phenolic OH excluding ortho intramolecular Hbond substituents is 1. The van der Waals surface area contributed by atoms with E-state index in [0.717, 1.165) is 16.7 Å². The van der Waals surface area contributed by atoms with Gasteiger partial charge in [0.15, 0.2) is 0 Å². The third-order valence-corrected chi connectivity index (χ3v) is 22.0. The molecule has 1 aromatic carbocycles. The summed E-state index contributed by atoms with van der Waals surface area (Å²) in [4.78, 5) is 317. The summed E-state index contributed by atoms with van der Waals surface area (Å²) in [5.41, 5.74) is 11.3. The first-order valence-corrected chi connectivity index (χ1v) is 45.0. The molecule has 17 atom stereocenters. The average Bonchev–Trinajstić information content (AvgIpc) is 1.66. The number of amides is 19. The number of phenols is 1.